The molecule has 1 rings (SSSR count). The molecule has 0 atom stereocenters. The van der Waals surface area contributed by atoms with Crippen molar-refractivity contribution in [1.82, 2.24) is 5.32 Å². The molecule has 0 bridgehead atoms. The number of nitrogens with one attached hydrogen (secondary N) is 1. The fourth-order valence-electron chi connectivity index (χ4n) is 1.91. The first-order valence-corrected chi connectivity index (χ1v) is 8.65. The predicted molar refractivity (Wildman–Crippen MR) is 79.4 cm³/mol. The lowest BCUT2D eigenvalue weighted by molar-refractivity contribution is -0.109. The van der Waals surface area contributed by atoms with Crippen LogP contribution in [0.3, 0.4) is 0 Å². The van der Waals surface area contributed by atoms with E-state index < -0.39 is 8.80 Å². The van der Waals surface area contributed by atoms with E-state index in [9.17, 15) is 4.79 Å². The lowest BCUT2D eigenvalue weighted by Crippen LogP contribution is -2.44. The van der Waals surface area contributed by atoms with Gasteiger partial charge in [-0.25, -0.2) is 0 Å². The molecule has 0 saturated heterocycles. The molecule has 1 amide bonds. The van der Waals surface area contributed by atoms with Gasteiger partial charge in [-0.05, 0) is 18.4 Å². The van der Waals surface area contributed by atoms with E-state index >= 15 is 0 Å². The number of carbonyl (C=O) groups excluding carboxylic acids is 1. The molecule has 5 nitrogen and oxygen atoms in total. The summed E-state index contributed by atoms with van der Waals surface area (Å²) in [6, 6.07) is 10.8. The monoisotopic (exact) mass is 297 g/mol. The Morgan fingerprint density at radius 3 is 2.50 bits per heavy atom. The van der Waals surface area contributed by atoms with Crippen LogP contribution in [0.5, 0.6) is 0 Å². The second-order valence-corrected chi connectivity index (χ2v) is 7.32. The molecule has 0 aliphatic carbocycles. The number of hydrogen-bond acceptors (Lipinski definition) is 4. The molecule has 0 aliphatic rings. The van der Waals surface area contributed by atoms with E-state index in [1.54, 1.807) is 14.2 Å². The summed E-state index contributed by atoms with van der Waals surface area (Å²) in [6.07, 6.45) is 2.30. The molecule has 0 aliphatic heterocycles. The number of carbonyl (C=O) groups is 1. The van der Waals surface area contributed by atoms with Crippen LogP contribution < -0.4 is 5.32 Å². The standard InChI is InChI=1S/C14H23NO4Si/c1-17-20(18-2,12-6-10-15-13-16)19-11-9-14-7-4-3-5-8-14/h3-5,7-8,13H,6,9-12H2,1-2H3,(H,15,16). The fraction of sp³-hybridized carbons (Fsp3) is 0.500. The Morgan fingerprint density at radius 1 is 1.20 bits per heavy atom. The zero-order chi connectivity index (χ0) is 14.7. The van der Waals surface area contributed by atoms with Crippen LogP contribution in [0.4, 0.5) is 0 Å². The molecular weight excluding hydrogens is 274 g/mol. The predicted octanol–water partition coefficient (Wildman–Crippen LogP) is 1.61. The maximum atomic E-state index is 10.2. The molecule has 0 radical (unpaired) electrons. The van der Waals surface area contributed by atoms with Gasteiger partial charge in [-0.15, -0.1) is 0 Å². The maximum absolute atomic E-state index is 10.2. The minimum absolute atomic E-state index is 0.568. The van der Waals surface area contributed by atoms with Gasteiger partial charge >= 0.3 is 8.80 Å². The molecule has 0 heterocycles. The summed E-state index contributed by atoms with van der Waals surface area (Å²) >= 11 is 0. The number of amides is 1. The summed E-state index contributed by atoms with van der Waals surface area (Å²) in [6.45, 7) is 1.17. The Morgan fingerprint density at radius 2 is 1.90 bits per heavy atom. The first kappa shape index (κ1) is 16.8. The summed E-state index contributed by atoms with van der Waals surface area (Å²) in [7, 11) is 0.630. The zero-order valence-electron chi connectivity index (χ0n) is 12.1. The quantitative estimate of drug-likeness (QED) is 0.383. The largest absolute Gasteiger partial charge is 0.500 e. The molecule has 1 aromatic carbocycles. The van der Waals surface area contributed by atoms with Crippen molar-refractivity contribution in [2.24, 2.45) is 0 Å². The highest BCUT2D eigenvalue weighted by atomic mass is 28.4. The van der Waals surface area contributed by atoms with Gasteiger partial charge in [0.2, 0.25) is 6.41 Å². The molecule has 1 N–H and O–H groups in total. The molecule has 0 saturated carbocycles. The van der Waals surface area contributed by atoms with Crippen LogP contribution in [0.25, 0.3) is 0 Å². The van der Waals surface area contributed by atoms with Gasteiger partial charge in [-0.2, -0.15) is 0 Å². The Hall–Kier alpha value is -1.21. The van der Waals surface area contributed by atoms with Crippen molar-refractivity contribution in [3.05, 3.63) is 35.9 Å². The summed E-state index contributed by atoms with van der Waals surface area (Å²) < 4.78 is 16.9. The van der Waals surface area contributed by atoms with Crippen molar-refractivity contribution in [2.75, 3.05) is 27.4 Å². The van der Waals surface area contributed by atoms with E-state index in [4.69, 9.17) is 13.3 Å². The zero-order valence-corrected chi connectivity index (χ0v) is 13.1. The summed E-state index contributed by atoms with van der Waals surface area (Å²) in [4.78, 5) is 10.2. The van der Waals surface area contributed by atoms with Crippen molar-refractivity contribution in [2.45, 2.75) is 18.9 Å². The number of rotatable bonds is 11. The highest BCUT2D eigenvalue weighted by Crippen LogP contribution is 2.16. The molecule has 6 heteroatoms. The average molecular weight is 297 g/mol. The van der Waals surface area contributed by atoms with Crippen LogP contribution in [0, 0.1) is 0 Å². The van der Waals surface area contributed by atoms with Gasteiger partial charge in [0.15, 0.2) is 0 Å². The smallest absolute Gasteiger partial charge is 0.377 e. The Labute approximate surface area is 121 Å². The second-order valence-electron chi connectivity index (χ2n) is 4.35. The van der Waals surface area contributed by atoms with Crippen LogP contribution in [0.1, 0.15) is 12.0 Å². The molecule has 0 fully saturated rings. The molecular formula is C14H23NO4Si. The molecule has 0 unspecified atom stereocenters. The number of hydrogen-bond donors (Lipinski definition) is 1. The first-order valence-electron chi connectivity index (χ1n) is 6.71. The van der Waals surface area contributed by atoms with Crippen molar-refractivity contribution in [3.8, 4) is 0 Å². The van der Waals surface area contributed by atoms with E-state index in [0.29, 0.717) is 25.6 Å². The normalized spacial score (nSPS) is 11.3. The molecule has 20 heavy (non-hydrogen) atoms. The minimum Gasteiger partial charge on any atom is -0.377 e. The minimum atomic E-state index is -2.60. The lowest BCUT2D eigenvalue weighted by Gasteiger charge is -2.26. The third kappa shape index (κ3) is 5.83. The topological polar surface area (TPSA) is 56.8 Å². The second kappa shape index (κ2) is 9.65. The van der Waals surface area contributed by atoms with Crippen LogP contribution >= 0.6 is 0 Å². The highest BCUT2D eigenvalue weighted by molar-refractivity contribution is 6.60. The van der Waals surface area contributed by atoms with Gasteiger partial charge in [0.1, 0.15) is 0 Å². The third-order valence-corrected chi connectivity index (χ3v) is 5.92. The van der Waals surface area contributed by atoms with Crippen LogP contribution in [-0.2, 0) is 24.5 Å². The summed E-state index contributed by atoms with van der Waals surface area (Å²) in [5.74, 6) is 0. The van der Waals surface area contributed by atoms with Crippen molar-refractivity contribution in [1.29, 1.82) is 0 Å². The summed E-state index contributed by atoms with van der Waals surface area (Å²) in [5, 5.41) is 2.63. The average Bonchev–Trinajstić information content (AvgIpc) is 2.51. The third-order valence-electron chi connectivity index (χ3n) is 3.06. The van der Waals surface area contributed by atoms with Gasteiger partial charge in [0.05, 0.1) is 0 Å². The Kier molecular flexibility index (Phi) is 8.13. The highest BCUT2D eigenvalue weighted by Gasteiger charge is 2.38. The van der Waals surface area contributed by atoms with Gasteiger partial charge in [-0.1, -0.05) is 30.3 Å². The van der Waals surface area contributed by atoms with E-state index in [2.05, 4.69) is 17.4 Å². The molecule has 0 aromatic heterocycles. The Balaban J connectivity index is 2.38. The van der Waals surface area contributed by atoms with Crippen LogP contribution in [0.2, 0.25) is 6.04 Å². The van der Waals surface area contributed by atoms with E-state index in [1.165, 1.54) is 5.56 Å². The first-order chi connectivity index (χ1) is 9.76. The van der Waals surface area contributed by atoms with Crippen LogP contribution in [0.15, 0.2) is 30.3 Å². The van der Waals surface area contributed by atoms with E-state index in [-0.39, 0.29) is 0 Å². The summed E-state index contributed by atoms with van der Waals surface area (Å²) in [5.41, 5.74) is 1.23. The van der Waals surface area contributed by atoms with Gasteiger partial charge < -0.3 is 18.6 Å². The maximum Gasteiger partial charge on any atom is 0.500 e. The van der Waals surface area contributed by atoms with Gasteiger partial charge in [-0.3, -0.25) is 4.79 Å². The fourth-order valence-corrected chi connectivity index (χ4v) is 3.89. The van der Waals surface area contributed by atoms with Gasteiger partial charge in [0, 0.05) is 33.4 Å². The molecule has 1 aromatic rings. The Bertz CT molecular complexity index is 371. The number of benzene rings is 1. The molecule has 112 valence electrons. The van der Waals surface area contributed by atoms with E-state index in [1.807, 2.05) is 18.2 Å². The SMILES string of the molecule is CO[Si](CCCNC=O)(OC)OCCc1ccccc1. The lowest BCUT2D eigenvalue weighted by atomic mass is 10.2. The molecule has 0 spiro atoms. The van der Waals surface area contributed by atoms with Crippen molar-refractivity contribution >= 4 is 15.2 Å². The van der Waals surface area contributed by atoms with Crippen LogP contribution in [-0.4, -0.2) is 42.6 Å². The van der Waals surface area contributed by atoms with E-state index in [0.717, 1.165) is 12.8 Å². The van der Waals surface area contributed by atoms with Gasteiger partial charge in [0.25, 0.3) is 0 Å². The van der Waals surface area contributed by atoms with Crippen molar-refractivity contribution in [3.63, 3.8) is 0 Å². The van der Waals surface area contributed by atoms with Crippen molar-refractivity contribution < 1.29 is 18.1 Å².